The van der Waals surface area contributed by atoms with Gasteiger partial charge in [-0.15, -0.1) is 0 Å². The Bertz CT molecular complexity index is 802. The first-order chi connectivity index (χ1) is 9.93. The second-order valence-electron chi connectivity index (χ2n) is 4.67. The minimum atomic E-state index is 1.31. The topological polar surface area (TPSA) is 0 Å². The molecule has 0 heteroatoms. The molecule has 0 aliphatic carbocycles. The van der Waals surface area contributed by atoms with Gasteiger partial charge in [0.2, 0.25) is 0 Å². The molecular weight excluding hydrogens is 240 g/mol. The van der Waals surface area contributed by atoms with Crippen LogP contribution in [-0.2, 0) is 0 Å². The van der Waals surface area contributed by atoms with E-state index in [9.17, 15) is 0 Å². The zero-order chi connectivity index (χ0) is 13.9. The predicted molar refractivity (Wildman–Crippen MR) is 90.3 cm³/mol. The van der Waals surface area contributed by atoms with E-state index in [0.29, 0.717) is 0 Å². The second kappa shape index (κ2) is 5.34. The third kappa shape index (κ3) is 1.94. The summed E-state index contributed by atoms with van der Waals surface area (Å²) in [5, 5.41) is 7.97. The zero-order valence-corrected chi connectivity index (χ0v) is 11.9. The first-order valence-corrected chi connectivity index (χ1v) is 7.23. The Hall–Kier alpha value is -2.34. The standard InChI is InChI=1S/C18H12.C2H6/c1-3-7-16-13(5-1)9-11-15-12-10-14-6-2-4-8-17(14)18(15)16;1-2/h1-12H;1-2H3. The van der Waals surface area contributed by atoms with E-state index in [4.69, 9.17) is 0 Å². The van der Waals surface area contributed by atoms with Crippen LogP contribution in [0.5, 0.6) is 0 Å². The number of fused-ring (bicyclic) bond motifs is 5. The Kier molecular flexibility index (Phi) is 3.39. The first-order valence-electron chi connectivity index (χ1n) is 7.23. The van der Waals surface area contributed by atoms with Crippen molar-refractivity contribution in [3.05, 3.63) is 72.8 Å². The van der Waals surface area contributed by atoms with E-state index in [1.54, 1.807) is 0 Å². The molecule has 4 rings (SSSR count). The quantitative estimate of drug-likeness (QED) is 0.331. The fraction of sp³-hybridized carbons (Fsp3) is 0.100. The van der Waals surface area contributed by atoms with E-state index in [1.165, 1.54) is 32.3 Å². The van der Waals surface area contributed by atoms with Crippen LogP contribution in [-0.4, -0.2) is 0 Å². The van der Waals surface area contributed by atoms with Gasteiger partial charge < -0.3 is 0 Å². The van der Waals surface area contributed by atoms with Gasteiger partial charge in [0, 0.05) is 0 Å². The Morgan fingerprint density at radius 2 is 0.850 bits per heavy atom. The smallest absolute Gasteiger partial charge is 0.00268 e. The minimum Gasteiger partial charge on any atom is -0.0683 e. The van der Waals surface area contributed by atoms with E-state index < -0.39 is 0 Å². The van der Waals surface area contributed by atoms with Crippen molar-refractivity contribution < 1.29 is 0 Å². The van der Waals surface area contributed by atoms with Crippen LogP contribution >= 0.6 is 0 Å². The monoisotopic (exact) mass is 258 g/mol. The van der Waals surface area contributed by atoms with E-state index in [1.807, 2.05) is 13.8 Å². The summed E-state index contributed by atoms with van der Waals surface area (Å²) in [6.07, 6.45) is 0. The van der Waals surface area contributed by atoms with Crippen LogP contribution < -0.4 is 0 Å². The van der Waals surface area contributed by atoms with Crippen molar-refractivity contribution in [2.24, 2.45) is 0 Å². The highest BCUT2D eigenvalue weighted by Gasteiger charge is 2.03. The molecule has 0 aliphatic rings. The fourth-order valence-corrected chi connectivity index (χ4v) is 2.78. The normalized spacial score (nSPS) is 10.5. The molecule has 0 heterocycles. The van der Waals surface area contributed by atoms with E-state index in [2.05, 4.69) is 72.8 Å². The molecule has 0 aliphatic heterocycles. The molecular formula is C20H18. The lowest BCUT2D eigenvalue weighted by Crippen LogP contribution is -1.80. The molecule has 98 valence electrons. The molecule has 4 aromatic carbocycles. The highest BCUT2D eigenvalue weighted by Crippen LogP contribution is 2.31. The molecule has 0 radical (unpaired) electrons. The molecule has 0 fully saturated rings. The summed E-state index contributed by atoms with van der Waals surface area (Å²) in [7, 11) is 0. The summed E-state index contributed by atoms with van der Waals surface area (Å²) in [6, 6.07) is 26.0. The predicted octanol–water partition coefficient (Wildman–Crippen LogP) is 6.17. The summed E-state index contributed by atoms with van der Waals surface area (Å²) >= 11 is 0. The van der Waals surface area contributed by atoms with Crippen molar-refractivity contribution in [2.45, 2.75) is 13.8 Å². The van der Waals surface area contributed by atoms with Gasteiger partial charge in [-0.1, -0.05) is 86.6 Å². The SMILES string of the molecule is CC.c1ccc2c(c1)ccc1ccc3ccccc3c12. The molecule has 4 aromatic rings. The van der Waals surface area contributed by atoms with Crippen LogP contribution in [0.15, 0.2) is 72.8 Å². The Balaban J connectivity index is 0.000000581. The maximum Gasteiger partial charge on any atom is -0.00268 e. The highest BCUT2D eigenvalue weighted by atomic mass is 14.1. The van der Waals surface area contributed by atoms with Crippen molar-refractivity contribution in [3.63, 3.8) is 0 Å². The zero-order valence-electron chi connectivity index (χ0n) is 11.9. The summed E-state index contributed by atoms with van der Waals surface area (Å²) in [4.78, 5) is 0. The molecule has 0 amide bonds. The van der Waals surface area contributed by atoms with Crippen molar-refractivity contribution in [1.29, 1.82) is 0 Å². The van der Waals surface area contributed by atoms with Gasteiger partial charge in [0.25, 0.3) is 0 Å². The lowest BCUT2D eigenvalue weighted by atomic mass is 9.97. The van der Waals surface area contributed by atoms with Crippen LogP contribution in [0.1, 0.15) is 13.8 Å². The molecule has 0 saturated heterocycles. The van der Waals surface area contributed by atoms with E-state index in [-0.39, 0.29) is 0 Å². The average Bonchev–Trinajstić information content (AvgIpc) is 2.56. The third-order valence-corrected chi connectivity index (χ3v) is 3.63. The van der Waals surface area contributed by atoms with Gasteiger partial charge in [-0.25, -0.2) is 0 Å². The first kappa shape index (κ1) is 12.7. The van der Waals surface area contributed by atoms with Crippen molar-refractivity contribution in [1.82, 2.24) is 0 Å². The van der Waals surface area contributed by atoms with Crippen molar-refractivity contribution in [3.8, 4) is 0 Å². The van der Waals surface area contributed by atoms with Gasteiger partial charge in [-0.3, -0.25) is 0 Å². The summed E-state index contributed by atoms with van der Waals surface area (Å²) < 4.78 is 0. The maximum absolute atomic E-state index is 2.21. The Morgan fingerprint density at radius 3 is 1.35 bits per heavy atom. The van der Waals surface area contributed by atoms with Crippen LogP contribution in [0.3, 0.4) is 0 Å². The maximum atomic E-state index is 2.21. The van der Waals surface area contributed by atoms with Crippen LogP contribution in [0.4, 0.5) is 0 Å². The molecule has 0 saturated carbocycles. The van der Waals surface area contributed by atoms with Crippen LogP contribution in [0.2, 0.25) is 0 Å². The largest absolute Gasteiger partial charge is 0.0683 e. The number of rotatable bonds is 0. The van der Waals surface area contributed by atoms with Gasteiger partial charge >= 0.3 is 0 Å². The summed E-state index contributed by atoms with van der Waals surface area (Å²) in [5.74, 6) is 0. The molecule has 0 atom stereocenters. The summed E-state index contributed by atoms with van der Waals surface area (Å²) in [5.41, 5.74) is 0. The van der Waals surface area contributed by atoms with Gasteiger partial charge in [-0.05, 0) is 32.3 Å². The molecule has 0 spiro atoms. The molecule has 0 N–H and O–H groups in total. The third-order valence-electron chi connectivity index (χ3n) is 3.63. The van der Waals surface area contributed by atoms with Gasteiger partial charge in [-0.2, -0.15) is 0 Å². The molecule has 20 heavy (non-hydrogen) atoms. The van der Waals surface area contributed by atoms with Crippen molar-refractivity contribution >= 4 is 32.3 Å². The van der Waals surface area contributed by atoms with Gasteiger partial charge in [0.05, 0.1) is 0 Å². The lowest BCUT2D eigenvalue weighted by Gasteiger charge is -2.07. The number of hydrogen-bond donors (Lipinski definition) is 0. The van der Waals surface area contributed by atoms with Crippen LogP contribution in [0, 0.1) is 0 Å². The average molecular weight is 258 g/mol. The Labute approximate surface area is 119 Å². The highest BCUT2D eigenvalue weighted by molar-refractivity contribution is 6.20. The molecule has 0 aromatic heterocycles. The number of hydrogen-bond acceptors (Lipinski definition) is 0. The summed E-state index contributed by atoms with van der Waals surface area (Å²) in [6.45, 7) is 4.00. The molecule has 0 bridgehead atoms. The second-order valence-corrected chi connectivity index (χ2v) is 4.67. The molecule has 0 unspecified atom stereocenters. The van der Waals surface area contributed by atoms with Gasteiger partial charge in [0.1, 0.15) is 0 Å². The van der Waals surface area contributed by atoms with Crippen molar-refractivity contribution in [2.75, 3.05) is 0 Å². The fourth-order valence-electron chi connectivity index (χ4n) is 2.78. The minimum absolute atomic E-state index is 1.31. The number of benzene rings is 4. The lowest BCUT2D eigenvalue weighted by molar-refractivity contribution is 1.50. The Morgan fingerprint density at radius 1 is 0.450 bits per heavy atom. The van der Waals surface area contributed by atoms with E-state index >= 15 is 0 Å². The molecule has 0 nitrogen and oxygen atoms in total. The van der Waals surface area contributed by atoms with Gasteiger partial charge in [0.15, 0.2) is 0 Å². The van der Waals surface area contributed by atoms with Crippen LogP contribution in [0.25, 0.3) is 32.3 Å². The van der Waals surface area contributed by atoms with E-state index in [0.717, 1.165) is 0 Å².